The minimum Gasteiger partial charge on any atom is -0.362 e. The molecule has 1 aliphatic heterocycles. The number of benzene rings is 2. The molecule has 1 aliphatic rings. The molecule has 10 heteroatoms. The van der Waals surface area contributed by atoms with Crippen LogP contribution in [0.4, 0.5) is 17.1 Å². The minimum absolute atomic E-state index is 0.0279. The van der Waals surface area contributed by atoms with E-state index in [-0.39, 0.29) is 18.1 Å². The molecule has 1 amide bonds. The van der Waals surface area contributed by atoms with Crippen LogP contribution in [0, 0.1) is 17.0 Å². The number of para-hydroxylation sites is 3. The maximum absolute atomic E-state index is 12.9. The SMILES string of the molecule is Cc1ccccc1N(CC(=O)N1CCN(c2ccccc2[N+](=O)[O-])CC1)S(C)(=O)=O. The summed E-state index contributed by atoms with van der Waals surface area (Å²) in [5.41, 5.74) is 1.79. The number of nitrogens with zero attached hydrogens (tertiary/aromatic N) is 4. The van der Waals surface area contributed by atoms with Gasteiger partial charge in [0.05, 0.1) is 16.9 Å². The fourth-order valence-electron chi connectivity index (χ4n) is 3.53. The third-order valence-electron chi connectivity index (χ3n) is 5.11. The number of carbonyl (C=O) groups excluding carboxylic acids is 1. The van der Waals surface area contributed by atoms with Gasteiger partial charge in [-0.15, -0.1) is 0 Å². The van der Waals surface area contributed by atoms with Crippen molar-refractivity contribution in [1.29, 1.82) is 0 Å². The number of rotatable bonds is 6. The van der Waals surface area contributed by atoms with Crippen molar-refractivity contribution >= 4 is 33.0 Å². The second-order valence-corrected chi connectivity index (χ2v) is 9.08. The van der Waals surface area contributed by atoms with E-state index in [1.807, 2.05) is 11.0 Å². The number of nitro groups is 1. The number of nitro benzene ring substituents is 1. The van der Waals surface area contributed by atoms with Crippen LogP contribution in [-0.2, 0) is 14.8 Å². The summed E-state index contributed by atoms with van der Waals surface area (Å²) in [6.07, 6.45) is 1.08. The van der Waals surface area contributed by atoms with Gasteiger partial charge in [0.1, 0.15) is 12.2 Å². The van der Waals surface area contributed by atoms with E-state index >= 15 is 0 Å². The molecule has 0 aliphatic carbocycles. The molecule has 1 saturated heterocycles. The van der Waals surface area contributed by atoms with E-state index < -0.39 is 14.9 Å². The summed E-state index contributed by atoms with van der Waals surface area (Å²) in [5, 5.41) is 11.3. The average molecular weight is 433 g/mol. The van der Waals surface area contributed by atoms with Crippen molar-refractivity contribution in [3.8, 4) is 0 Å². The molecule has 0 atom stereocenters. The van der Waals surface area contributed by atoms with Crippen molar-refractivity contribution in [3.63, 3.8) is 0 Å². The smallest absolute Gasteiger partial charge is 0.292 e. The summed E-state index contributed by atoms with van der Waals surface area (Å²) < 4.78 is 25.8. The highest BCUT2D eigenvalue weighted by molar-refractivity contribution is 7.92. The van der Waals surface area contributed by atoms with Gasteiger partial charge < -0.3 is 9.80 Å². The number of aryl methyl sites for hydroxylation is 1. The van der Waals surface area contributed by atoms with Gasteiger partial charge in [0.25, 0.3) is 5.69 Å². The van der Waals surface area contributed by atoms with E-state index in [9.17, 15) is 23.3 Å². The van der Waals surface area contributed by atoms with E-state index in [0.29, 0.717) is 37.6 Å². The van der Waals surface area contributed by atoms with Gasteiger partial charge in [-0.1, -0.05) is 30.3 Å². The lowest BCUT2D eigenvalue weighted by atomic mass is 10.2. The van der Waals surface area contributed by atoms with Crippen LogP contribution in [0.3, 0.4) is 0 Å². The Bertz CT molecular complexity index is 1050. The Balaban J connectivity index is 1.71. The van der Waals surface area contributed by atoms with Gasteiger partial charge in [0, 0.05) is 32.2 Å². The minimum atomic E-state index is -3.64. The molecule has 0 saturated carbocycles. The molecule has 9 nitrogen and oxygen atoms in total. The van der Waals surface area contributed by atoms with Crippen LogP contribution in [0.25, 0.3) is 0 Å². The van der Waals surface area contributed by atoms with Gasteiger partial charge in [-0.05, 0) is 24.6 Å². The number of anilines is 2. The van der Waals surface area contributed by atoms with Crippen LogP contribution in [0.5, 0.6) is 0 Å². The highest BCUT2D eigenvalue weighted by Gasteiger charge is 2.29. The van der Waals surface area contributed by atoms with E-state index in [0.717, 1.165) is 16.1 Å². The van der Waals surface area contributed by atoms with Crippen molar-refractivity contribution < 1.29 is 18.1 Å². The Kier molecular flexibility index (Phi) is 6.25. The standard InChI is InChI=1S/C20H24N4O5S/c1-16-7-3-4-8-17(16)23(30(2,28)29)15-20(25)22-13-11-21(12-14-22)18-9-5-6-10-19(18)24(26)27/h3-10H,11-15H2,1-2H3. The quantitative estimate of drug-likeness (QED) is 0.511. The fourth-order valence-corrected chi connectivity index (χ4v) is 4.44. The maximum atomic E-state index is 12.9. The fraction of sp³-hybridized carbons (Fsp3) is 0.350. The summed E-state index contributed by atoms with van der Waals surface area (Å²) >= 11 is 0. The molecule has 0 radical (unpaired) electrons. The normalized spacial score (nSPS) is 14.5. The molecule has 30 heavy (non-hydrogen) atoms. The van der Waals surface area contributed by atoms with Crippen molar-refractivity contribution in [2.45, 2.75) is 6.92 Å². The van der Waals surface area contributed by atoms with Crippen molar-refractivity contribution in [2.24, 2.45) is 0 Å². The molecule has 160 valence electrons. The Hall–Kier alpha value is -3.14. The molecule has 1 heterocycles. The molecule has 0 aromatic heterocycles. The molecule has 0 bridgehead atoms. The van der Waals surface area contributed by atoms with Crippen LogP contribution in [0.15, 0.2) is 48.5 Å². The second-order valence-electron chi connectivity index (χ2n) is 7.17. The Morgan fingerprint density at radius 2 is 1.67 bits per heavy atom. The summed E-state index contributed by atoms with van der Waals surface area (Å²) in [6.45, 7) is 3.09. The highest BCUT2D eigenvalue weighted by Crippen LogP contribution is 2.28. The lowest BCUT2D eigenvalue weighted by molar-refractivity contribution is -0.384. The second kappa shape index (κ2) is 8.70. The number of carbonyl (C=O) groups is 1. The van der Waals surface area contributed by atoms with Gasteiger partial charge >= 0.3 is 0 Å². The van der Waals surface area contributed by atoms with Crippen LogP contribution in [0.2, 0.25) is 0 Å². The zero-order valence-corrected chi connectivity index (χ0v) is 17.7. The largest absolute Gasteiger partial charge is 0.362 e. The van der Waals surface area contributed by atoms with E-state index in [2.05, 4.69) is 0 Å². The van der Waals surface area contributed by atoms with Crippen molar-refractivity contribution in [3.05, 3.63) is 64.2 Å². The molecular weight excluding hydrogens is 408 g/mol. The van der Waals surface area contributed by atoms with E-state index in [1.54, 1.807) is 48.2 Å². The Morgan fingerprint density at radius 1 is 1.07 bits per heavy atom. The van der Waals surface area contributed by atoms with Gasteiger partial charge in [0.2, 0.25) is 15.9 Å². The monoisotopic (exact) mass is 432 g/mol. The van der Waals surface area contributed by atoms with Crippen LogP contribution < -0.4 is 9.21 Å². The number of amides is 1. The summed E-state index contributed by atoms with van der Waals surface area (Å²) in [5.74, 6) is -0.300. The van der Waals surface area contributed by atoms with Crippen LogP contribution >= 0.6 is 0 Å². The zero-order chi connectivity index (χ0) is 21.9. The van der Waals surface area contributed by atoms with E-state index in [4.69, 9.17) is 0 Å². The maximum Gasteiger partial charge on any atom is 0.292 e. The Morgan fingerprint density at radius 3 is 2.27 bits per heavy atom. The van der Waals surface area contributed by atoms with Crippen molar-refractivity contribution in [2.75, 3.05) is 48.2 Å². The summed E-state index contributed by atoms with van der Waals surface area (Å²) in [4.78, 5) is 27.2. The number of sulfonamides is 1. The van der Waals surface area contributed by atoms with Crippen molar-refractivity contribution in [1.82, 2.24) is 4.90 Å². The first kappa shape index (κ1) is 21.6. The van der Waals surface area contributed by atoms with Gasteiger partial charge in [0.15, 0.2) is 0 Å². The molecule has 0 N–H and O–H groups in total. The summed E-state index contributed by atoms with van der Waals surface area (Å²) in [6, 6.07) is 13.5. The lowest BCUT2D eigenvalue weighted by Crippen LogP contribution is -2.52. The lowest BCUT2D eigenvalue weighted by Gasteiger charge is -2.36. The first-order valence-electron chi connectivity index (χ1n) is 9.48. The van der Waals surface area contributed by atoms with Crippen LogP contribution in [0.1, 0.15) is 5.56 Å². The first-order chi connectivity index (χ1) is 14.2. The predicted octanol–water partition coefficient (Wildman–Crippen LogP) is 2.02. The predicted molar refractivity (Wildman–Crippen MR) is 115 cm³/mol. The average Bonchev–Trinajstić information content (AvgIpc) is 2.72. The zero-order valence-electron chi connectivity index (χ0n) is 16.9. The van der Waals surface area contributed by atoms with Gasteiger partial charge in [-0.2, -0.15) is 0 Å². The number of hydrogen-bond acceptors (Lipinski definition) is 6. The molecule has 0 spiro atoms. The van der Waals surface area contributed by atoms with E-state index in [1.165, 1.54) is 6.07 Å². The highest BCUT2D eigenvalue weighted by atomic mass is 32.2. The van der Waals surface area contributed by atoms with Gasteiger partial charge in [-0.25, -0.2) is 8.42 Å². The molecule has 2 aromatic carbocycles. The topological polar surface area (TPSA) is 104 Å². The third-order valence-corrected chi connectivity index (χ3v) is 6.24. The molecule has 0 unspecified atom stereocenters. The Labute approximate surface area is 175 Å². The molecule has 3 rings (SSSR count). The number of piperazine rings is 1. The molecule has 1 fully saturated rings. The van der Waals surface area contributed by atoms with Gasteiger partial charge in [-0.3, -0.25) is 19.2 Å². The molecular formula is C20H24N4O5S. The number of hydrogen-bond donors (Lipinski definition) is 0. The first-order valence-corrected chi connectivity index (χ1v) is 11.3. The molecule has 2 aromatic rings. The summed E-state index contributed by atoms with van der Waals surface area (Å²) in [7, 11) is -3.64. The third kappa shape index (κ3) is 4.70. The van der Waals surface area contributed by atoms with Crippen LogP contribution in [-0.4, -0.2) is 63.1 Å².